The first kappa shape index (κ1) is 14.6. The van der Waals surface area contributed by atoms with E-state index in [1.165, 1.54) is 0 Å². The van der Waals surface area contributed by atoms with Gasteiger partial charge in [-0.1, -0.05) is 23.7 Å². The van der Waals surface area contributed by atoms with E-state index in [0.29, 0.717) is 17.1 Å². The molecule has 0 bridgehead atoms. The minimum absolute atomic E-state index is 0.0111. The first-order chi connectivity index (χ1) is 9.40. The molecule has 1 amide bonds. The molecular weight excluding hydrogens is 274 g/mol. The quantitative estimate of drug-likeness (QED) is 0.872. The summed E-state index contributed by atoms with van der Waals surface area (Å²) >= 11 is 5.86. The Balaban J connectivity index is 2.18. The van der Waals surface area contributed by atoms with Crippen molar-refractivity contribution < 1.29 is 4.79 Å². The highest BCUT2D eigenvalue weighted by molar-refractivity contribution is 6.30. The highest BCUT2D eigenvalue weighted by Gasteiger charge is 2.20. The molecule has 1 heterocycles. The molecule has 0 aliphatic rings. The number of halogens is 1. The zero-order chi connectivity index (χ0) is 14.9. The maximum absolute atomic E-state index is 12.5. The zero-order valence-corrected chi connectivity index (χ0v) is 12.9. The number of aromatic nitrogens is 2. The van der Waals surface area contributed by atoms with Crippen molar-refractivity contribution in [3.05, 3.63) is 51.8 Å². The van der Waals surface area contributed by atoms with E-state index in [9.17, 15) is 4.79 Å². The minimum Gasteiger partial charge on any atom is -0.337 e. The van der Waals surface area contributed by atoms with Crippen LogP contribution in [-0.4, -0.2) is 27.6 Å². The average molecular weight is 292 g/mol. The Kier molecular flexibility index (Phi) is 4.14. The Bertz CT molecular complexity index is 631. The molecule has 0 spiro atoms. The van der Waals surface area contributed by atoms with Crippen LogP contribution in [0.3, 0.4) is 0 Å². The summed E-state index contributed by atoms with van der Waals surface area (Å²) in [6.07, 6.45) is 0. The predicted molar refractivity (Wildman–Crippen MR) is 79.9 cm³/mol. The lowest BCUT2D eigenvalue weighted by molar-refractivity contribution is 0.0783. The summed E-state index contributed by atoms with van der Waals surface area (Å²) < 4.78 is 1.73. The second kappa shape index (κ2) is 5.67. The van der Waals surface area contributed by atoms with Crippen molar-refractivity contribution >= 4 is 17.5 Å². The normalized spacial score (nSPS) is 10.7. The van der Waals surface area contributed by atoms with Crippen LogP contribution in [0.4, 0.5) is 0 Å². The number of nitrogens with zero attached hydrogens (tertiary/aromatic N) is 3. The molecule has 2 rings (SSSR count). The number of carbonyl (C=O) groups is 1. The van der Waals surface area contributed by atoms with Crippen molar-refractivity contribution in [2.45, 2.75) is 20.4 Å². The molecule has 20 heavy (non-hydrogen) atoms. The summed E-state index contributed by atoms with van der Waals surface area (Å²) in [4.78, 5) is 14.2. The third-order valence-electron chi connectivity index (χ3n) is 3.40. The lowest BCUT2D eigenvalue weighted by atomic mass is 10.1. The third kappa shape index (κ3) is 2.85. The summed E-state index contributed by atoms with van der Waals surface area (Å²) in [5.74, 6) is -0.0111. The van der Waals surface area contributed by atoms with Crippen LogP contribution in [0, 0.1) is 13.8 Å². The van der Waals surface area contributed by atoms with Gasteiger partial charge >= 0.3 is 0 Å². The van der Waals surface area contributed by atoms with Crippen molar-refractivity contribution in [3.63, 3.8) is 0 Å². The van der Waals surface area contributed by atoms with Gasteiger partial charge in [-0.3, -0.25) is 9.48 Å². The highest BCUT2D eigenvalue weighted by atomic mass is 35.5. The lowest BCUT2D eigenvalue weighted by Gasteiger charge is -2.17. The van der Waals surface area contributed by atoms with E-state index in [-0.39, 0.29) is 5.91 Å². The van der Waals surface area contributed by atoms with Crippen LogP contribution in [0.15, 0.2) is 24.3 Å². The van der Waals surface area contributed by atoms with Crippen LogP contribution in [0.1, 0.15) is 27.3 Å². The number of carbonyl (C=O) groups excluding carboxylic acids is 1. The number of benzene rings is 1. The van der Waals surface area contributed by atoms with Crippen molar-refractivity contribution in [2.24, 2.45) is 7.05 Å². The van der Waals surface area contributed by atoms with Gasteiger partial charge in [-0.2, -0.15) is 5.10 Å². The third-order valence-corrected chi connectivity index (χ3v) is 3.65. The zero-order valence-electron chi connectivity index (χ0n) is 12.1. The van der Waals surface area contributed by atoms with Gasteiger partial charge in [0.25, 0.3) is 5.91 Å². The fraction of sp³-hybridized carbons (Fsp3) is 0.333. The predicted octanol–water partition coefficient (Wildman–Crippen LogP) is 2.96. The van der Waals surface area contributed by atoms with Crippen LogP contribution in [0.5, 0.6) is 0 Å². The van der Waals surface area contributed by atoms with E-state index in [2.05, 4.69) is 5.10 Å². The molecule has 0 aliphatic carbocycles. The second-order valence-electron chi connectivity index (χ2n) is 4.96. The standard InChI is InChI=1S/C15H18ClN3O/c1-10-14(11(2)19(4)17-10)15(20)18(3)9-12-5-7-13(16)8-6-12/h5-8H,9H2,1-4H3. The van der Waals surface area contributed by atoms with Gasteiger partial charge in [0.2, 0.25) is 0 Å². The molecule has 0 atom stereocenters. The monoisotopic (exact) mass is 291 g/mol. The Labute approximate surface area is 124 Å². The van der Waals surface area contributed by atoms with Crippen LogP contribution in [0.2, 0.25) is 5.02 Å². The van der Waals surface area contributed by atoms with Crippen molar-refractivity contribution in [3.8, 4) is 0 Å². The Morgan fingerprint density at radius 1 is 1.30 bits per heavy atom. The maximum atomic E-state index is 12.5. The van der Waals surface area contributed by atoms with Crippen LogP contribution in [0.25, 0.3) is 0 Å². The molecule has 5 heteroatoms. The van der Waals surface area contributed by atoms with Crippen molar-refractivity contribution in [1.82, 2.24) is 14.7 Å². The molecular formula is C15H18ClN3O. The van der Waals surface area contributed by atoms with Gasteiger partial charge in [0.15, 0.2) is 0 Å². The molecule has 0 saturated carbocycles. The number of hydrogen-bond donors (Lipinski definition) is 0. The molecule has 0 aliphatic heterocycles. The Morgan fingerprint density at radius 2 is 1.90 bits per heavy atom. The molecule has 0 saturated heterocycles. The van der Waals surface area contributed by atoms with Crippen molar-refractivity contribution in [2.75, 3.05) is 7.05 Å². The molecule has 1 aromatic heterocycles. The molecule has 0 fully saturated rings. The largest absolute Gasteiger partial charge is 0.337 e. The summed E-state index contributed by atoms with van der Waals surface area (Å²) in [7, 11) is 3.64. The molecule has 0 N–H and O–H groups in total. The van der Waals surface area contributed by atoms with E-state index >= 15 is 0 Å². The second-order valence-corrected chi connectivity index (χ2v) is 5.39. The lowest BCUT2D eigenvalue weighted by Crippen LogP contribution is -2.27. The fourth-order valence-electron chi connectivity index (χ4n) is 2.21. The van der Waals surface area contributed by atoms with E-state index in [4.69, 9.17) is 11.6 Å². The van der Waals surface area contributed by atoms with Gasteiger partial charge in [0.05, 0.1) is 11.3 Å². The van der Waals surface area contributed by atoms with Gasteiger partial charge in [0, 0.05) is 31.4 Å². The first-order valence-electron chi connectivity index (χ1n) is 6.40. The number of hydrogen-bond acceptors (Lipinski definition) is 2. The molecule has 1 aromatic carbocycles. The van der Waals surface area contributed by atoms with Gasteiger partial charge in [0.1, 0.15) is 0 Å². The first-order valence-corrected chi connectivity index (χ1v) is 6.78. The van der Waals surface area contributed by atoms with E-state index < -0.39 is 0 Å². The van der Waals surface area contributed by atoms with Gasteiger partial charge in [-0.15, -0.1) is 0 Å². The van der Waals surface area contributed by atoms with Crippen LogP contribution < -0.4 is 0 Å². The Morgan fingerprint density at radius 3 is 2.40 bits per heavy atom. The molecule has 0 unspecified atom stereocenters. The SMILES string of the molecule is Cc1nn(C)c(C)c1C(=O)N(C)Cc1ccc(Cl)cc1. The summed E-state index contributed by atoms with van der Waals surface area (Å²) in [5, 5.41) is 4.98. The summed E-state index contributed by atoms with van der Waals surface area (Å²) in [5.41, 5.74) is 3.38. The Hall–Kier alpha value is -1.81. The molecule has 106 valence electrons. The van der Waals surface area contributed by atoms with E-state index in [0.717, 1.165) is 17.0 Å². The molecule has 4 nitrogen and oxygen atoms in total. The van der Waals surface area contributed by atoms with Gasteiger partial charge < -0.3 is 4.90 Å². The van der Waals surface area contributed by atoms with Crippen LogP contribution >= 0.6 is 11.6 Å². The van der Waals surface area contributed by atoms with Gasteiger partial charge in [-0.25, -0.2) is 0 Å². The smallest absolute Gasteiger partial charge is 0.257 e. The summed E-state index contributed by atoms with van der Waals surface area (Å²) in [6.45, 7) is 4.31. The molecule has 2 aromatic rings. The molecule has 0 radical (unpaired) electrons. The summed E-state index contributed by atoms with van der Waals surface area (Å²) in [6, 6.07) is 7.51. The highest BCUT2D eigenvalue weighted by Crippen LogP contribution is 2.16. The number of amides is 1. The van der Waals surface area contributed by atoms with Gasteiger partial charge in [-0.05, 0) is 31.5 Å². The van der Waals surface area contributed by atoms with Crippen LogP contribution in [-0.2, 0) is 13.6 Å². The number of rotatable bonds is 3. The van der Waals surface area contributed by atoms with E-state index in [1.807, 2.05) is 45.2 Å². The fourth-order valence-corrected chi connectivity index (χ4v) is 2.34. The average Bonchev–Trinajstić information content (AvgIpc) is 2.65. The minimum atomic E-state index is -0.0111. The van der Waals surface area contributed by atoms with E-state index in [1.54, 1.807) is 16.6 Å². The van der Waals surface area contributed by atoms with Crippen molar-refractivity contribution in [1.29, 1.82) is 0 Å². The topological polar surface area (TPSA) is 38.1 Å². The maximum Gasteiger partial charge on any atom is 0.257 e. The number of aryl methyl sites for hydroxylation is 2.